The van der Waals surface area contributed by atoms with E-state index in [1.165, 1.54) is 6.07 Å². The zero-order valence-corrected chi connectivity index (χ0v) is 12.1. The van der Waals surface area contributed by atoms with Crippen LogP contribution in [-0.4, -0.2) is 0 Å². The Morgan fingerprint density at radius 1 is 1.22 bits per heavy atom. The zero-order chi connectivity index (χ0) is 13.1. The Balaban J connectivity index is 2.13. The van der Waals surface area contributed by atoms with Crippen LogP contribution in [0.15, 0.2) is 40.9 Å². The first-order valence-electron chi connectivity index (χ1n) is 5.50. The molecule has 2 aromatic rings. The number of hydrogen-bond donors (Lipinski definition) is 1. The molecular weight excluding hydrogens is 317 g/mol. The lowest BCUT2D eigenvalue weighted by Gasteiger charge is -2.10. The fourth-order valence-corrected chi connectivity index (χ4v) is 2.23. The molecule has 0 aliphatic heterocycles. The minimum absolute atomic E-state index is 0.249. The molecule has 0 saturated carbocycles. The molecule has 0 heterocycles. The number of rotatable bonds is 3. The molecule has 0 radical (unpaired) electrons. The Hall–Kier alpha value is -1.06. The molecule has 0 bridgehead atoms. The fourth-order valence-electron chi connectivity index (χ4n) is 1.63. The summed E-state index contributed by atoms with van der Waals surface area (Å²) < 4.78 is 14.6. The second kappa shape index (κ2) is 5.72. The lowest BCUT2D eigenvalue weighted by atomic mass is 10.2. The molecule has 0 saturated heterocycles. The second-order valence-corrected chi connectivity index (χ2v) is 5.40. The van der Waals surface area contributed by atoms with Gasteiger partial charge in [0.15, 0.2) is 0 Å². The number of anilines is 1. The molecule has 1 N–H and O–H groups in total. The lowest BCUT2D eigenvalue weighted by molar-refractivity contribution is 0.629. The second-order valence-electron chi connectivity index (χ2n) is 4.07. The highest BCUT2D eigenvalue weighted by Crippen LogP contribution is 2.23. The van der Waals surface area contributed by atoms with Crippen LogP contribution in [0.5, 0.6) is 0 Å². The molecule has 0 aliphatic carbocycles. The van der Waals surface area contributed by atoms with Crippen LogP contribution in [0.25, 0.3) is 0 Å². The molecule has 0 fully saturated rings. The molecule has 0 aromatic heterocycles. The van der Waals surface area contributed by atoms with E-state index in [1.807, 2.05) is 31.2 Å². The van der Waals surface area contributed by atoms with Gasteiger partial charge in [-0.2, -0.15) is 0 Å². The van der Waals surface area contributed by atoms with Gasteiger partial charge in [0.05, 0.1) is 5.69 Å². The molecule has 0 spiro atoms. The van der Waals surface area contributed by atoms with Crippen LogP contribution >= 0.6 is 27.5 Å². The third-order valence-electron chi connectivity index (χ3n) is 2.60. The molecule has 4 heteroatoms. The van der Waals surface area contributed by atoms with Crippen LogP contribution in [0.2, 0.25) is 5.02 Å². The van der Waals surface area contributed by atoms with E-state index in [4.69, 9.17) is 11.6 Å². The van der Waals surface area contributed by atoms with Gasteiger partial charge in [0.2, 0.25) is 0 Å². The highest BCUT2D eigenvalue weighted by atomic mass is 79.9. The van der Waals surface area contributed by atoms with Crippen molar-refractivity contribution in [2.24, 2.45) is 0 Å². The Morgan fingerprint density at radius 3 is 2.72 bits per heavy atom. The summed E-state index contributed by atoms with van der Waals surface area (Å²) in [6, 6.07) is 10.7. The predicted octanol–water partition coefficient (Wildman–Crippen LogP) is 5.16. The third kappa shape index (κ3) is 3.24. The molecule has 94 valence electrons. The first-order chi connectivity index (χ1) is 8.56. The van der Waals surface area contributed by atoms with E-state index in [0.717, 1.165) is 15.6 Å². The largest absolute Gasteiger partial charge is 0.379 e. The number of nitrogens with one attached hydrogen (secondary N) is 1. The van der Waals surface area contributed by atoms with Crippen LogP contribution in [0.1, 0.15) is 11.1 Å². The molecular formula is C14H12BrClFN. The number of hydrogen-bond acceptors (Lipinski definition) is 1. The molecule has 1 nitrogen and oxygen atoms in total. The van der Waals surface area contributed by atoms with Crippen molar-refractivity contribution in [1.82, 2.24) is 0 Å². The van der Waals surface area contributed by atoms with Gasteiger partial charge in [0.25, 0.3) is 0 Å². The van der Waals surface area contributed by atoms with Gasteiger partial charge in [0.1, 0.15) is 5.82 Å². The van der Waals surface area contributed by atoms with Gasteiger partial charge in [0, 0.05) is 16.0 Å². The standard InChI is InChI=1S/C14H12BrClFN/c1-9-2-5-14(13(17)6-9)18-8-10-7-11(15)3-4-12(10)16/h2-7,18H,8H2,1H3. The SMILES string of the molecule is Cc1ccc(NCc2cc(Br)ccc2Cl)c(F)c1. The van der Waals surface area contributed by atoms with E-state index in [0.29, 0.717) is 17.3 Å². The monoisotopic (exact) mass is 327 g/mol. The molecule has 2 rings (SSSR count). The van der Waals surface area contributed by atoms with Gasteiger partial charge < -0.3 is 5.32 Å². The zero-order valence-electron chi connectivity index (χ0n) is 9.81. The van der Waals surface area contributed by atoms with Crippen LogP contribution in [0.4, 0.5) is 10.1 Å². The van der Waals surface area contributed by atoms with Crippen molar-refractivity contribution in [2.45, 2.75) is 13.5 Å². The van der Waals surface area contributed by atoms with Gasteiger partial charge in [-0.25, -0.2) is 4.39 Å². The van der Waals surface area contributed by atoms with Crippen LogP contribution in [0.3, 0.4) is 0 Å². The van der Waals surface area contributed by atoms with Crippen molar-refractivity contribution in [3.05, 3.63) is 62.8 Å². The lowest BCUT2D eigenvalue weighted by Crippen LogP contribution is -2.02. The van der Waals surface area contributed by atoms with Crippen LogP contribution < -0.4 is 5.32 Å². The first kappa shape index (κ1) is 13.4. The van der Waals surface area contributed by atoms with E-state index in [1.54, 1.807) is 6.07 Å². The maximum absolute atomic E-state index is 13.6. The van der Waals surface area contributed by atoms with Crippen LogP contribution in [0, 0.1) is 12.7 Å². The van der Waals surface area contributed by atoms with Gasteiger partial charge in [-0.1, -0.05) is 33.6 Å². The molecule has 0 unspecified atom stereocenters. The van der Waals surface area contributed by atoms with Crippen molar-refractivity contribution in [3.8, 4) is 0 Å². The fraction of sp³-hybridized carbons (Fsp3) is 0.143. The van der Waals surface area contributed by atoms with Crippen molar-refractivity contribution >= 4 is 33.2 Å². The number of aryl methyl sites for hydroxylation is 1. The van der Waals surface area contributed by atoms with Gasteiger partial charge >= 0.3 is 0 Å². The summed E-state index contributed by atoms with van der Waals surface area (Å²) in [6.45, 7) is 2.34. The Morgan fingerprint density at radius 2 is 2.00 bits per heavy atom. The van der Waals surface area contributed by atoms with Crippen molar-refractivity contribution in [3.63, 3.8) is 0 Å². The molecule has 0 amide bonds. The van der Waals surface area contributed by atoms with E-state index < -0.39 is 0 Å². The third-order valence-corrected chi connectivity index (χ3v) is 3.46. The summed E-state index contributed by atoms with van der Waals surface area (Å²) in [5.41, 5.74) is 2.31. The van der Waals surface area contributed by atoms with E-state index in [-0.39, 0.29) is 5.82 Å². The van der Waals surface area contributed by atoms with Gasteiger partial charge in [-0.05, 0) is 48.4 Å². The Kier molecular flexibility index (Phi) is 4.25. The highest BCUT2D eigenvalue weighted by Gasteiger charge is 2.04. The minimum Gasteiger partial charge on any atom is -0.379 e. The van der Waals surface area contributed by atoms with E-state index >= 15 is 0 Å². The topological polar surface area (TPSA) is 12.0 Å². The van der Waals surface area contributed by atoms with E-state index in [9.17, 15) is 4.39 Å². The summed E-state index contributed by atoms with van der Waals surface area (Å²) in [5, 5.41) is 3.71. The summed E-state index contributed by atoms with van der Waals surface area (Å²) >= 11 is 9.46. The first-order valence-corrected chi connectivity index (χ1v) is 6.67. The maximum atomic E-state index is 13.6. The highest BCUT2D eigenvalue weighted by molar-refractivity contribution is 9.10. The minimum atomic E-state index is -0.249. The molecule has 0 aliphatic rings. The average molecular weight is 329 g/mol. The average Bonchev–Trinajstić information content (AvgIpc) is 2.32. The van der Waals surface area contributed by atoms with Gasteiger partial charge in [-0.15, -0.1) is 0 Å². The van der Waals surface area contributed by atoms with Crippen molar-refractivity contribution in [1.29, 1.82) is 0 Å². The Bertz CT molecular complexity index is 572. The predicted molar refractivity (Wildman–Crippen MR) is 77.6 cm³/mol. The molecule has 2 aromatic carbocycles. The number of halogens is 3. The molecule has 18 heavy (non-hydrogen) atoms. The smallest absolute Gasteiger partial charge is 0.146 e. The summed E-state index contributed by atoms with van der Waals surface area (Å²) in [6.07, 6.45) is 0. The summed E-state index contributed by atoms with van der Waals surface area (Å²) in [5.74, 6) is -0.249. The van der Waals surface area contributed by atoms with Crippen molar-refractivity contribution in [2.75, 3.05) is 5.32 Å². The van der Waals surface area contributed by atoms with Crippen molar-refractivity contribution < 1.29 is 4.39 Å². The molecule has 0 atom stereocenters. The van der Waals surface area contributed by atoms with Crippen LogP contribution in [-0.2, 0) is 6.54 Å². The summed E-state index contributed by atoms with van der Waals surface area (Å²) in [4.78, 5) is 0. The number of benzene rings is 2. The Labute approximate surface area is 119 Å². The van der Waals surface area contributed by atoms with Gasteiger partial charge in [-0.3, -0.25) is 0 Å². The van der Waals surface area contributed by atoms with E-state index in [2.05, 4.69) is 21.2 Å². The quantitative estimate of drug-likeness (QED) is 0.820. The summed E-state index contributed by atoms with van der Waals surface area (Å²) in [7, 11) is 0. The maximum Gasteiger partial charge on any atom is 0.146 e. The normalized spacial score (nSPS) is 10.4.